The monoisotopic (exact) mass is 267 g/mol. The van der Waals surface area contributed by atoms with Crippen molar-refractivity contribution < 1.29 is 0 Å². The van der Waals surface area contributed by atoms with Crippen LogP contribution in [0.1, 0.15) is 37.7 Å². The van der Waals surface area contributed by atoms with Crippen LogP contribution in [-0.4, -0.2) is 33.9 Å². The zero-order valence-electron chi connectivity index (χ0n) is 11.6. The van der Waals surface area contributed by atoms with E-state index in [0.717, 1.165) is 11.7 Å². The maximum Gasteiger partial charge on any atom is 0.0521 e. The van der Waals surface area contributed by atoms with E-state index < -0.39 is 0 Å². The van der Waals surface area contributed by atoms with Gasteiger partial charge in [-0.3, -0.25) is 4.68 Å². The molecule has 0 amide bonds. The fourth-order valence-corrected chi connectivity index (χ4v) is 4.06. The van der Waals surface area contributed by atoms with E-state index in [0.29, 0.717) is 6.04 Å². The molecule has 0 aliphatic heterocycles. The molecular weight excluding hydrogens is 242 g/mol. The molecule has 3 nitrogen and oxygen atoms in total. The van der Waals surface area contributed by atoms with Gasteiger partial charge >= 0.3 is 0 Å². The minimum atomic E-state index is 0.635. The zero-order valence-corrected chi connectivity index (χ0v) is 12.4. The Morgan fingerprint density at radius 2 is 2.28 bits per heavy atom. The van der Waals surface area contributed by atoms with Crippen molar-refractivity contribution in [1.29, 1.82) is 0 Å². The first-order valence-corrected chi connectivity index (χ1v) is 8.09. The summed E-state index contributed by atoms with van der Waals surface area (Å²) in [6, 6.07) is 0.635. The lowest BCUT2D eigenvalue weighted by molar-refractivity contribution is 0.571. The van der Waals surface area contributed by atoms with Gasteiger partial charge in [0.05, 0.1) is 6.20 Å². The van der Waals surface area contributed by atoms with Crippen molar-refractivity contribution in [2.75, 3.05) is 12.8 Å². The molecule has 1 unspecified atom stereocenters. The maximum atomic E-state index is 4.22. The normalized spacial score (nSPS) is 18.3. The van der Waals surface area contributed by atoms with Gasteiger partial charge in [0.1, 0.15) is 0 Å². The third kappa shape index (κ3) is 4.32. The van der Waals surface area contributed by atoms with Crippen molar-refractivity contribution in [2.45, 2.75) is 49.8 Å². The first-order valence-electron chi connectivity index (χ1n) is 7.04. The summed E-state index contributed by atoms with van der Waals surface area (Å²) in [5.41, 5.74) is 1.35. The highest BCUT2D eigenvalue weighted by Gasteiger charge is 2.17. The lowest BCUT2D eigenvalue weighted by Crippen LogP contribution is -2.29. The molecule has 1 heterocycles. The number of nitrogens with one attached hydrogen (secondary N) is 1. The van der Waals surface area contributed by atoms with Gasteiger partial charge in [0.15, 0.2) is 0 Å². The molecule has 1 aromatic rings. The van der Waals surface area contributed by atoms with Crippen LogP contribution in [0.3, 0.4) is 0 Å². The van der Waals surface area contributed by atoms with Crippen molar-refractivity contribution in [2.24, 2.45) is 7.05 Å². The van der Waals surface area contributed by atoms with Crippen molar-refractivity contribution in [3.63, 3.8) is 0 Å². The summed E-state index contributed by atoms with van der Waals surface area (Å²) in [5.74, 6) is 1.25. The Balaban J connectivity index is 1.68. The summed E-state index contributed by atoms with van der Waals surface area (Å²) in [5, 5.41) is 8.61. The molecule has 1 N–H and O–H groups in total. The minimum Gasteiger partial charge on any atom is -0.316 e. The summed E-state index contributed by atoms with van der Waals surface area (Å²) < 4.78 is 1.89. The van der Waals surface area contributed by atoms with E-state index in [1.54, 1.807) is 0 Å². The summed E-state index contributed by atoms with van der Waals surface area (Å²) in [6.45, 7) is 0. The highest BCUT2D eigenvalue weighted by molar-refractivity contribution is 7.99. The Labute approximate surface area is 115 Å². The number of hydrogen-bond acceptors (Lipinski definition) is 3. The molecule has 18 heavy (non-hydrogen) atoms. The lowest BCUT2D eigenvalue weighted by atomic mass is 10.1. The van der Waals surface area contributed by atoms with E-state index in [4.69, 9.17) is 0 Å². The number of nitrogens with zero attached hydrogens (tertiary/aromatic N) is 2. The first kappa shape index (κ1) is 13.9. The van der Waals surface area contributed by atoms with Gasteiger partial charge in [0.25, 0.3) is 0 Å². The van der Waals surface area contributed by atoms with Gasteiger partial charge in [-0.25, -0.2) is 0 Å². The molecular formula is C14H25N3S. The van der Waals surface area contributed by atoms with Crippen molar-refractivity contribution >= 4 is 11.8 Å². The van der Waals surface area contributed by atoms with Gasteiger partial charge in [0, 0.05) is 30.3 Å². The second kappa shape index (κ2) is 7.19. The van der Waals surface area contributed by atoms with Crippen LogP contribution < -0.4 is 5.32 Å². The molecule has 1 aliphatic rings. The molecule has 4 heteroatoms. The van der Waals surface area contributed by atoms with E-state index in [1.807, 2.05) is 17.9 Å². The maximum absolute atomic E-state index is 4.22. The van der Waals surface area contributed by atoms with E-state index in [-0.39, 0.29) is 0 Å². The molecule has 1 saturated carbocycles. The highest BCUT2D eigenvalue weighted by atomic mass is 32.2. The summed E-state index contributed by atoms with van der Waals surface area (Å²) in [6.07, 6.45) is 12.2. The standard InChI is InChI=1S/C14H25N3S/c1-15-13(11-18-14-5-3-4-6-14)8-7-12-9-16-17(2)10-12/h9-10,13-15H,3-8,11H2,1-2H3. The second-order valence-corrected chi connectivity index (χ2v) is 6.62. The third-order valence-corrected chi connectivity index (χ3v) is 5.32. The quantitative estimate of drug-likeness (QED) is 0.823. The Morgan fingerprint density at radius 3 is 2.89 bits per heavy atom. The number of rotatable bonds is 7. The molecule has 1 fully saturated rings. The van der Waals surface area contributed by atoms with Crippen LogP contribution in [0.2, 0.25) is 0 Å². The van der Waals surface area contributed by atoms with Crippen molar-refractivity contribution in [3.8, 4) is 0 Å². The van der Waals surface area contributed by atoms with Gasteiger partial charge in [-0.15, -0.1) is 0 Å². The molecule has 0 radical (unpaired) electrons. The van der Waals surface area contributed by atoms with Gasteiger partial charge in [0.2, 0.25) is 0 Å². The molecule has 2 rings (SSSR count). The van der Waals surface area contributed by atoms with Crippen LogP contribution in [0.4, 0.5) is 0 Å². The Morgan fingerprint density at radius 1 is 1.50 bits per heavy atom. The van der Waals surface area contributed by atoms with E-state index >= 15 is 0 Å². The minimum absolute atomic E-state index is 0.635. The Kier molecular flexibility index (Phi) is 5.57. The molecule has 1 aromatic heterocycles. The van der Waals surface area contributed by atoms with Crippen LogP contribution in [0.25, 0.3) is 0 Å². The van der Waals surface area contributed by atoms with Gasteiger partial charge in [-0.2, -0.15) is 16.9 Å². The predicted molar refractivity (Wildman–Crippen MR) is 79.1 cm³/mol. The molecule has 0 saturated heterocycles. The summed E-state index contributed by atoms with van der Waals surface area (Å²) in [7, 11) is 4.07. The summed E-state index contributed by atoms with van der Waals surface area (Å²) in [4.78, 5) is 0. The van der Waals surface area contributed by atoms with Gasteiger partial charge in [-0.05, 0) is 38.3 Å². The predicted octanol–water partition coefficient (Wildman–Crippen LogP) is 2.62. The fraction of sp³-hybridized carbons (Fsp3) is 0.786. The zero-order chi connectivity index (χ0) is 12.8. The van der Waals surface area contributed by atoms with Crippen LogP contribution in [0, 0.1) is 0 Å². The SMILES string of the molecule is CNC(CCc1cnn(C)c1)CSC1CCCC1. The highest BCUT2D eigenvalue weighted by Crippen LogP contribution is 2.30. The van der Waals surface area contributed by atoms with E-state index in [1.165, 1.54) is 43.4 Å². The van der Waals surface area contributed by atoms with Gasteiger partial charge in [-0.1, -0.05) is 12.8 Å². The first-order chi connectivity index (χ1) is 8.78. The number of aromatic nitrogens is 2. The average molecular weight is 267 g/mol. The van der Waals surface area contributed by atoms with E-state index in [9.17, 15) is 0 Å². The number of hydrogen-bond donors (Lipinski definition) is 1. The van der Waals surface area contributed by atoms with Crippen LogP contribution in [-0.2, 0) is 13.5 Å². The van der Waals surface area contributed by atoms with E-state index in [2.05, 4.69) is 35.4 Å². The molecule has 0 aromatic carbocycles. The molecule has 1 aliphatic carbocycles. The van der Waals surface area contributed by atoms with Crippen molar-refractivity contribution in [1.82, 2.24) is 15.1 Å². The molecule has 0 spiro atoms. The smallest absolute Gasteiger partial charge is 0.0521 e. The van der Waals surface area contributed by atoms with Crippen molar-refractivity contribution in [3.05, 3.63) is 18.0 Å². The average Bonchev–Trinajstić information content (AvgIpc) is 3.01. The van der Waals surface area contributed by atoms with Gasteiger partial charge < -0.3 is 5.32 Å². The Bertz CT molecular complexity index is 345. The number of thioether (sulfide) groups is 1. The topological polar surface area (TPSA) is 29.9 Å². The van der Waals surface area contributed by atoms with Crippen LogP contribution in [0.5, 0.6) is 0 Å². The van der Waals surface area contributed by atoms with Crippen LogP contribution in [0.15, 0.2) is 12.4 Å². The lowest BCUT2D eigenvalue weighted by Gasteiger charge is -2.17. The third-order valence-electron chi connectivity index (χ3n) is 3.78. The fourth-order valence-electron chi connectivity index (χ4n) is 2.56. The summed E-state index contributed by atoms with van der Waals surface area (Å²) >= 11 is 2.17. The molecule has 102 valence electrons. The largest absolute Gasteiger partial charge is 0.316 e. The molecule has 0 bridgehead atoms. The Hall–Kier alpha value is -0.480. The van der Waals surface area contributed by atoms with Crippen LogP contribution >= 0.6 is 11.8 Å². The second-order valence-electron chi connectivity index (χ2n) is 5.29. The molecule has 1 atom stereocenters. The number of aryl methyl sites for hydroxylation is 2.